The Kier molecular flexibility index (Phi) is 4.97. The Morgan fingerprint density at radius 1 is 1.44 bits per heavy atom. The van der Waals surface area contributed by atoms with Crippen LogP contribution in [0.1, 0.15) is 30.6 Å². The maximum Gasteiger partial charge on any atom is 0.251 e. The van der Waals surface area contributed by atoms with Gasteiger partial charge in [-0.2, -0.15) is 0 Å². The summed E-state index contributed by atoms with van der Waals surface area (Å²) in [6.45, 7) is 4.20. The predicted octanol–water partition coefficient (Wildman–Crippen LogP) is 1.11. The van der Waals surface area contributed by atoms with Gasteiger partial charge in [-0.3, -0.25) is 4.79 Å². The molecule has 1 amide bonds. The normalized spacial score (nSPS) is 12.4. The summed E-state index contributed by atoms with van der Waals surface area (Å²) >= 11 is 0. The Balaban J connectivity index is 2.52. The number of anilines is 1. The van der Waals surface area contributed by atoms with Gasteiger partial charge in [-0.25, -0.2) is 0 Å². The largest absolute Gasteiger partial charge is 0.506 e. The molecule has 5 N–H and O–H groups in total. The summed E-state index contributed by atoms with van der Waals surface area (Å²) in [6.07, 6.45) is 0.0733. The van der Waals surface area contributed by atoms with Gasteiger partial charge in [0.25, 0.3) is 5.91 Å². The molecule has 0 aliphatic heterocycles. The van der Waals surface area contributed by atoms with Crippen molar-refractivity contribution in [3.63, 3.8) is 0 Å². The standard InChI is InChI=1S/C13H20N2O3/c1-8(2)5-10(16)7-15-13(18)9-3-4-11(14)12(17)6-9/h3-4,6,8,10,16-17H,5,7,14H2,1-2H3,(H,15,18). The first-order valence-electron chi connectivity index (χ1n) is 5.95. The van der Waals surface area contributed by atoms with Crippen molar-refractivity contribution in [3.8, 4) is 5.75 Å². The Morgan fingerprint density at radius 2 is 2.11 bits per heavy atom. The van der Waals surface area contributed by atoms with Gasteiger partial charge < -0.3 is 21.3 Å². The van der Waals surface area contributed by atoms with Crippen molar-refractivity contribution in [1.82, 2.24) is 5.32 Å². The third kappa shape index (κ3) is 4.25. The topological polar surface area (TPSA) is 95.6 Å². The molecule has 0 aliphatic rings. The average molecular weight is 252 g/mol. The average Bonchev–Trinajstić information content (AvgIpc) is 2.28. The number of carbonyl (C=O) groups is 1. The van der Waals surface area contributed by atoms with E-state index in [9.17, 15) is 15.0 Å². The van der Waals surface area contributed by atoms with Gasteiger partial charge in [0.15, 0.2) is 0 Å². The first-order valence-corrected chi connectivity index (χ1v) is 5.95. The van der Waals surface area contributed by atoms with Crippen LogP contribution in [0, 0.1) is 5.92 Å². The van der Waals surface area contributed by atoms with E-state index < -0.39 is 6.10 Å². The molecule has 0 aromatic heterocycles. The zero-order valence-corrected chi connectivity index (χ0v) is 10.7. The van der Waals surface area contributed by atoms with Crippen molar-refractivity contribution < 1.29 is 15.0 Å². The van der Waals surface area contributed by atoms with Crippen LogP contribution in [-0.2, 0) is 0 Å². The Hall–Kier alpha value is -1.75. The highest BCUT2D eigenvalue weighted by molar-refractivity contribution is 5.95. The number of benzene rings is 1. The Labute approximate surface area is 107 Å². The van der Waals surface area contributed by atoms with Crippen molar-refractivity contribution in [3.05, 3.63) is 23.8 Å². The molecule has 0 spiro atoms. The number of carbonyl (C=O) groups excluding carboxylic acids is 1. The fraction of sp³-hybridized carbons (Fsp3) is 0.462. The van der Waals surface area contributed by atoms with Crippen LogP contribution in [0.5, 0.6) is 5.75 Å². The van der Waals surface area contributed by atoms with Gasteiger partial charge in [0.05, 0.1) is 11.8 Å². The van der Waals surface area contributed by atoms with Crippen molar-refractivity contribution in [2.75, 3.05) is 12.3 Å². The number of phenols is 1. The third-order valence-electron chi connectivity index (χ3n) is 2.53. The zero-order chi connectivity index (χ0) is 13.7. The summed E-state index contributed by atoms with van der Waals surface area (Å²) in [5.74, 6) is -0.0871. The van der Waals surface area contributed by atoms with Crippen LogP contribution in [0.15, 0.2) is 18.2 Å². The molecule has 0 aliphatic carbocycles. The van der Waals surface area contributed by atoms with Crippen LogP contribution in [0.4, 0.5) is 5.69 Å². The van der Waals surface area contributed by atoms with Crippen LogP contribution in [-0.4, -0.2) is 28.8 Å². The number of nitrogen functional groups attached to an aromatic ring is 1. The third-order valence-corrected chi connectivity index (χ3v) is 2.53. The van der Waals surface area contributed by atoms with Crippen LogP contribution < -0.4 is 11.1 Å². The van der Waals surface area contributed by atoms with E-state index in [2.05, 4.69) is 5.32 Å². The van der Waals surface area contributed by atoms with E-state index in [1.807, 2.05) is 13.8 Å². The molecule has 0 radical (unpaired) electrons. The summed E-state index contributed by atoms with van der Waals surface area (Å²) in [5.41, 5.74) is 5.99. The van der Waals surface area contributed by atoms with Crippen molar-refractivity contribution >= 4 is 11.6 Å². The Bertz CT molecular complexity index is 419. The molecule has 0 saturated carbocycles. The molecule has 100 valence electrons. The van der Waals surface area contributed by atoms with E-state index in [0.29, 0.717) is 17.9 Å². The molecule has 1 atom stereocenters. The maximum absolute atomic E-state index is 11.7. The summed E-state index contributed by atoms with van der Waals surface area (Å²) < 4.78 is 0. The number of aliphatic hydroxyl groups is 1. The van der Waals surface area contributed by atoms with Crippen molar-refractivity contribution in [1.29, 1.82) is 0 Å². The maximum atomic E-state index is 11.7. The lowest BCUT2D eigenvalue weighted by atomic mass is 10.1. The molecule has 0 saturated heterocycles. The van der Waals surface area contributed by atoms with Gasteiger partial charge in [0.1, 0.15) is 5.75 Å². The number of nitrogens with one attached hydrogen (secondary N) is 1. The number of rotatable bonds is 5. The van der Waals surface area contributed by atoms with Crippen molar-refractivity contribution in [2.24, 2.45) is 5.92 Å². The molecule has 18 heavy (non-hydrogen) atoms. The fourth-order valence-corrected chi connectivity index (χ4v) is 1.62. The highest BCUT2D eigenvalue weighted by atomic mass is 16.3. The molecular weight excluding hydrogens is 232 g/mol. The quantitative estimate of drug-likeness (QED) is 0.466. The molecule has 1 rings (SSSR count). The summed E-state index contributed by atoms with van der Waals surface area (Å²) in [6, 6.07) is 4.30. The van der Waals surface area contributed by atoms with E-state index >= 15 is 0 Å². The first-order chi connectivity index (χ1) is 8.40. The highest BCUT2D eigenvalue weighted by Crippen LogP contribution is 2.20. The van der Waals surface area contributed by atoms with Gasteiger partial charge >= 0.3 is 0 Å². The molecule has 0 heterocycles. The van der Waals surface area contributed by atoms with Crippen molar-refractivity contribution in [2.45, 2.75) is 26.4 Å². The molecule has 1 aromatic carbocycles. The first kappa shape index (κ1) is 14.3. The Morgan fingerprint density at radius 3 is 2.67 bits per heavy atom. The van der Waals surface area contributed by atoms with Crippen LogP contribution in [0.3, 0.4) is 0 Å². The van der Waals surface area contributed by atoms with E-state index in [1.165, 1.54) is 18.2 Å². The minimum absolute atomic E-state index is 0.120. The van der Waals surface area contributed by atoms with Gasteiger partial charge in [0, 0.05) is 12.1 Å². The number of nitrogens with two attached hydrogens (primary N) is 1. The second kappa shape index (κ2) is 6.26. The monoisotopic (exact) mass is 252 g/mol. The highest BCUT2D eigenvalue weighted by Gasteiger charge is 2.11. The molecule has 0 fully saturated rings. The smallest absolute Gasteiger partial charge is 0.251 e. The van der Waals surface area contributed by atoms with E-state index in [-0.39, 0.29) is 23.9 Å². The molecule has 1 aromatic rings. The molecule has 5 heteroatoms. The van der Waals surface area contributed by atoms with Gasteiger partial charge in [0.2, 0.25) is 0 Å². The number of aromatic hydroxyl groups is 1. The fourth-order valence-electron chi connectivity index (χ4n) is 1.62. The van der Waals surface area contributed by atoms with Crippen LogP contribution >= 0.6 is 0 Å². The SMILES string of the molecule is CC(C)CC(O)CNC(=O)c1ccc(N)c(O)c1. The lowest BCUT2D eigenvalue weighted by molar-refractivity contribution is 0.0900. The number of amides is 1. The predicted molar refractivity (Wildman–Crippen MR) is 70.3 cm³/mol. The lowest BCUT2D eigenvalue weighted by Gasteiger charge is -2.14. The number of hydrogen-bond donors (Lipinski definition) is 4. The molecule has 1 unspecified atom stereocenters. The second-order valence-corrected chi connectivity index (χ2v) is 4.77. The van der Waals surface area contributed by atoms with E-state index in [1.54, 1.807) is 0 Å². The number of hydrogen-bond acceptors (Lipinski definition) is 4. The summed E-state index contributed by atoms with van der Waals surface area (Å²) in [7, 11) is 0. The van der Waals surface area contributed by atoms with Crippen LogP contribution in [0.2, 0.25) is 0 Å². The summed E-state index contributed by atoms with van der Waals surface area (Å²) in [4.78, 5) is 11.7. The molecular formula is C13H20N2O3. The molecule has 5 nitrogen and oxygen atoms in total. The number of phenolic OH excluding ortho intramolecular Hbond substituents is 1. The summed E-state index contributed by atoms with van der Waals surface area (Å²) in [5, 5.41) is 21.6. The lowest BCUT2D eigenvalue weighted by Crippen LogP contribution is -2.32. The molecule has 0 bridgehead atoms. The minimum atomic E-state index is -0.559. The van der Waals surface area contributed by atoms with Gasteiger partial charge in [-0.1, -0.05) is 13.8 Å². The minimum Gasteiger partial charge on any atom is -0.506 e. The van der Waals surface area contributed by atoms with Crippen LogP contribution in [0.25, 0.3) is 0 Å². The van der Waals surface area contributed by atoms with E-state index in [4.69, 9.17) is 5.73 Å². The van der Waals surface area contributed by atoms with Gasteiger partial charge in [-0.05, 0) is 30.5 Å². The number of aliphatic hydroxyl groups excluding tert-OH is 1. The second-order valence-electron chi connectivity index (χ2n) is 4.77. The van der Waals surface area contributed by atoms with Gasteiger partial charge in [-0.15, -0.1) is 0 Å². The van der Waals surface area contributed by atoms with E-state index in [0.717, 1.165) is 0 Å². The zero-order valence-electron chi connectivity index (χ0n) is 10.7.